The Labute approximate surface area is 165 Å². The summed E-state index contributed by atoms with van der Waals surface area (Å²) in [5.74, 6) is 1.30. The van der Waals surface area contributed by atoms with Gasteiger partial charge in [-0.2, -0.15) is 0 Å². The number of Topliss-reactive ketones (excluding diaryl/α,β-unsaturated/α-hetero) is 1. The first kappa shape index (κ1) is 18.2. The van der Waals surface area contributed by atoms with Crippen molar-refractivity contribution in [3.63, 3.8) is 0 Å². The standard InChI is InChI=1S/C25H22NO2/c1-18(27)19-12-14-22(15-13-19)26-23(16-17-24(26)28)25(20-8-4-2-5-9-20)21-10-6-3-7-11-21/h2-15,23H,16-17H2,1H3. The molecule has 0 aliphatic carbocycles. The van der Waals surface area contributed by atoms with Crippen LogP contribution in [0.3, 0.4) is 0 Å². The van der Waals surface area contributed by atoms with Crippen molar-refractivity contribution in [3.8, 4) is 0 Å². The molecule has 1 radical (unpaired) electrons. The van der Waals surface area contributed by atoms with E-state index in [1.54, 1.807) is 19.1 Å². The fourth-order valence-corrected chi connectivity index (χ4v) is 3.92. The molecule has 1 unspecified atom stereocenters. The van der Waals surface area contributed by atoms with E-state index in [1.807, 2.05) is 53.4 Å². The third-order valence-electron chi connectivity index (χ3n) is 5.27. The van der Waals surface area contributed by atoms with Crippen LogP contribution in [0.1, 0.15) is 41.3 Å². The first-order chi connectivity index (χ1) is 13.6. The summed E-state index contributed by atoms with van der Waals surface area (Å²) < 4.78 is 0. The Balaban J connectivity index is 1.76. The number of benzene rings is 3. The number of carbonyl (C=O) groups excluding carboxylic acids is 2. The minimum atomic E-state index is -0.0412. The van der Waals surface area contributed by atoms with E-state index in [4.69, 9.17) is 0 Å². The summed E-state index contributed by atoms with van der Waals surface area (Å²) in [6, 6.07) is 27.8. The van der Waals surface area contributed by atoms with Gasteiger partial charge >= 0.3 is 0 Å². The number of amides is 1. The van der Waals surface area contributed by atoms with Crippen LogP contribution in [-0.4, -0.2) is 17.7 Å². The molecule has 1 fully saturated rings. The van der Waals surface area contributed by atoms with Gasteiger partial charge in [-0.1, -0.05) is 60.7 Å². The highest BCUT2D eigenvalue weighted by atomic mass is 16.2. The Kier molecular flexibility index (Phi) is 5.07. The number of carbonyl (C=O) groups is 2. The summed E-state index contributed by atoms with van der Waals surface area (Å²) in [5.41, 5.74) is 3.74. The molecule has 0 N–H and O–H groups in total. The average Bonchev–Trinajstić information content (AvgIpc) is 3.11. The van der Waals surface area contributed by atoms with E-state index in [-0.39, 0.29) is 17.7 Å². The maximum Gasteiger partial charge on any atom is 0.227 e. The van der Waals surface area contributed by atoms with Gasteiger partial charge in [0.1, 0.15) is 0 Å². The van der Waals surface area contributed by atoms with Crippen LogP contribution in [0.2, 0.25) is 0 Å². The maximum atomic E-state index is 12.8. The van der Waals surface area contributed by atoms with Crippen molar-refractivity contribution in [1.82, 2.24) is 0 Å². The molecule has 28 heavy (non-hydrogen) atoms. The predicted octanol–water partition coefficient (Wildman–Crippen LogP) is 5.06. The number of rotatable bonds is 5. The van der Waals surface area contributed by atoms with Gasteiger partial charge in [-0.15, -0.1) is 0 Å². The van der Waals surface area contributed by atoms with Gasteiger partial charge in [0.25, 0.3) is 0 Å². The molecular weight excluding hydrogens is 346 g/mol. The minimum Gasteiger partial charge on any atom is -0.308 e. The van der Waals surface area contributed by atoms with Crippen LogP contribution in [0.5, 0.6) is 0 Å². The molecule has 3 nitrogen and oxygen atoms in total. The number of hydrogen-bond donors (Lipinski definition) is 0. The summed E-state index contributed by atoms with van der Waals surface area (Å²) in [4.78, 5) is 26.3. The van der Waals surface area contributed by atoms with Crippen molar-refractivity contribution < 1.29 is 9.59 Å². The van der Waals surface area contributed by atoms with Crippen LogP contribution in [0.25, 0.3) is 0 Å². The second-order valence-electron chi connectivity index (χ2n) is 7.07. The molecular formula is C25H22NO2. The van der Waals surface area contributed by atoms with Gasteiger partial charge in [0.05, 0.1) is 12.0 Å². The van der Waals surface area contributed by atoms with Gasteiger partial charge in [-0.3, -0.25) is 9.59 Å². The van der Waals surface area contributed by atoms with Gasteiger partial charge in [-0.05, 0) is 48.7 Å². The normalized spacial score (nSPS) is 16.6. The Hall–Kier alpha value is -3.20. The lowest BCUT2D eigenvalue weighted by Gasteiger charge is -2.32. The van der Waals surface area contributed by atoms with E-state index >= 15 is 0 Å². The lowest BCUT2D eigenvalue weighted by atomic mass is 9.83. The summed E-state index contributed by atoms with van der Waals surface area (Å²) in [6.45, 7) is 1.55. The average molecular weight is 368 g/mol. The van der Waals surface area contributed by atoms with Crippen LogP contribution in [0.4, 0.5) is 5.69 Å². The third kappa shape index (κ3) is 3.48. The third-order valence-corrected chi connectivity index (χ3v) is 5.27. The number of nitrogens with zero attached hydrogens (tertiary/aromatic N) is 1. The second-order valence-corrected chi connectivity index (χ2v) is 7.07. The Morgan fingerprint density at radius 2 is 1.32 bits per heavy atom. The predicted molar refractivity (Wildman–Crippen MR) is 111 cm³/mol. The lowest BCUT2D eigenvalue weighted by molar-refractivity contribution is -0.117. The van der Waals surface area contributed by atoms with Crippen molar-refractivity contribution in [2.24, 2.45) is 0 Å². The molecule has 1 aliphatic heterocycles. The van der Waals surface area contributed by atoms with Crippen molar-refractivity contribution in [3.05, 3.63) is 108 Å². The van der Waals surface area contributed by atoms with Crippen LogP contribution in [0, 0.1) is 5.92 Å². The highest BCUT2D eigenvalue weighted by Gasteiger charge is 2.39. The highest BCUT2D eigenvalue weighted by Crippen LogP contribution is 2.38. The highest BCUT2D eigenvalue weighted by molar-refractivity contribution is 5.98. The molecule has 0 spiro atoms. The van der Waals surface area contributed by atoms with Crippen LogP contribution < -0.4 is 4.90 Å². The van der Waals surface area contributed by atoms with Crippen molar-refractivity contribution in [1.29, 1.82) is 0 Å². The zero-order chi connectivity index (χ0) is 19.5. The molecule has 139 valence electrons. The molecule has 1 heterocycles. The van der Waals surface area contributed by atoms with Gasteiger partial charge in [0.15, 0.2) is 5.78 Å². The van der Waals surface area contributed by atoms with Crippen molar-refractivity contribution in [2.75, 3.05) is 4.90 Å². The van der Waals surface area contributed by atoms with Crippen LogP contribution in [0.15, 0.2) is 84.9 Å². The van der Waals surface area contributed by atoms with E-state index in [1.165, 1.54) is 0 Å². The van der Waals surface area contributed by atoms with Crippen molar-refractivity contribution in [2.45, 2.75) is 25.8 Å². The van der Waals surface area contributed by atoms with Crippen LogP contribution in [-0.2, 0) is 4.79 Å². The van der Waals surface area contributed by atoms with E-state index < -0.39 is 0 Å². The van der Waals surface area contributed by atoms with Crippen LogP contribution >= 0.6 is 0 Å². The smallest absolute Gasteiger partial charge is 0.227 e. The Morgan fingerprint density at radius 3 is 1.82 bits per heavy atom. The minimum absolute atomic E-state index is 0.0247. The van der Waals surface area contributed by atoms with E-state index in [9.17, 15) is 9.59 Å². The Morgan fingerprint density at radius 1 is 0.786 bits per heavy atom. The van der Waals surface area contributed by atoms with Gasteiger partial charge in [0.2, 0.25) is 5.91 Å². The molecule has 3 heteroatoms. The lowest BCUT2D eigenvalue weighted by Crippen LogP contribution is -2.38. The first-order valence-electron chi connectivity index (χ1n) is 9.56. The molecule has 1 amide bonds. The molecule has 3 aromatic carbocycles. The molecule has 3 aromatic rings. The zero-order valence-corrected chi connectivity index (χ0v) is 15.8. The van der Waals surface area contributed by atoms with Gasteiger partial charge in [-0.25, -0.2) is 0 Å². The van der Waals surface area contributed by atoms with Gasteiger partial charge in [0, 0.05) is 17.7 Å². The fraction of sp³-hybridized carbons (Fsp3) is 0.160. The summed E-state index contributed by atoms with van der Waals surface area (Å²) >= 11 is 0. The molecule has 0 bridgehead atoms. The number of hydrogen-bond acceptors (Lipinski definition) is 2. The maximum absolute atomic E-state index is 12.8. The molecule has 0 saturated carbocycles. The molecule has 4 rings (SSSR count). The van der Waals surface area contributed by atoms with Gasteiger partial charge < -0.3 is 4.90 Å². The first-order valence-corrected chi connectivity index (χ1v) is 9.56. The SMILES string of the molecule is CC(=O)c1ccc(N2C(=O)CCC2[C](c2ccccc2)c2ccccc2)cc1. The summed E-state index contributed by atoms with van der Waals surface area (Å²) in [5, 5.41) is 0. The number of ketones is 1. The molecule has 1 atom stereocenters. The Bertz CT molecular complexity index is 925. The van der Waals surface area contributed by atoms with E-state index in [0.29, 0.717) is 12.0 Å². The second kappa shape index (κ2) is 7.81. The monoisotopic (exact) mass is 368 g/mol. The van der Waals surface area contributed by atoms with E-state index in [2.05, 4.69) is 24.3 Å². The van der Waals surface area contributed by atoms with E-state index in [0.717, 1.165) is 29.2 Å². The molecule has 1 saturated heterocycles. The largest absolute Gasteiger partial charge is 0.308 e. The summed E-state index contributed by atoms with van der Waals surface area (Å²) in [7, 11) is 0. The quantitative estimate of drug-likeness (QED) is 0.591. The fourth-order valence-electron chi connectivity index (χ4n) is 3.92. The molecule has 1 aliphatic rings. The summed E-state index contributed by atoms with van der Waals surface area (Å²) in [6.07, 6.45) is 1.29. The topological polar surface area (TPSA) is 37.4 Å². The molecule has 0 aromatic heterocycles. The van der Waals surface area contributed by atoms with Crippen molar-refractivity contribution >= 4 is 17.4 Å². The zero-order valence-electron chi connectivity index (χ0n) is 15.8. The number of anilines is 1.